The quantitative estimate of drug-likeness (QED) is 0.593. The van der Waals surface area contributed by atoms with E-state index >= 15 is 0 Å². The number of hydrogen-bond donors (Lipinski definition) is 1. The maximum absolute atomic E-state index is 3.55. The molecule has 0 aliphatic carbocycles. The van der Waals surface area contributed by atoms with E-state index in [1.807, 2.05) is 0 Å². The van der Waals surface area contributed by atoms with Crippen LogP contribution in [-0.2, 0) is 0 Å². The van der Waals surface area contributed by atoms with Gasteiger partial charge in [-0.25, -0.2) is 0 Å². The molecule has 0 fully saturated rings. The third kappa shape index (κ3) is 10.4. The van der Waals surface area contributed by atoms with Crippen molar-refractivity contribution in [2.75, 3.05) is 18.1 Å². The summed E-state index contributed by atoms with van der Waals surface area (Å²) in [6.45, 7) is 10.3. The van der Waals surface area contributed by atoms with Crippen LogP contribution in [0.1, 0.15) is 47.0 Å². The monoisotopic (exact) mass is 217 g/mol. The molecule has 0 saturated heterocycles. The highest BCUT2D eigenvalue weighted by Gasteiger charge is 1.98. The Hall–Kier alpha value is 0.310. The first-order valence-corrected chi connectivity index (χ1v) is 7.13. The third-order valence-corrected chi connectivity index (χ3v) is 3.32. The lowest BCUT2D eigenvalue weighted by Crippen LogP contribution is -2.27. The van der Waals surface area contributed by atoms with E-state index in [1.165, 1.54) is 37.3 Å². The topological polar surface area (TPSA) is 12.0 Å². The van der Waals surface area contributed by atoms with E-state index < -0.39 is 0 Å². The summed E-state index contributed by atoms with van der Waals surface area (Å²) < 4.78 is 0. The summed E-state index contributed by atoms with van der Waals surface area (Å²) >= 11 is 2.08. The molecular formula is C12H27NS. The molecule has 0 radical (unpaired) electrons. The first-order chi connectivity index (χ1) is 6.66. The van der Waals surface area contributed by atoms with Crippen molar-refractivity contribution in [1.82, 2.24) is 5.32 Å². The standard InChI is InChI=1S/C12H27NS/c1-5-6-12(4)13-8-10-14-9-7-11(2)3/h11-13H,5-10H2,1-4H3. The van der Waals surface area contributed by atoms with E-state index in [9.17, 15) is 0 Å². The van der Waals surface area contributed by atoms with Crippen molar-refractivity contribution in [3.8, 4) is 0 Å². The number of thioether (sulfide) groups is 1. The molecule has 1 N–H and O–H groups in total. The van der Waals surface area contributed by atoms with Gasteiger partial charge in [0, 0.05) is 18.3 Å². The molecule has 2 heteroatoms. The average Bonchev–Trinajstić information content (AvgIpc) is 2.11. The maximum atomic E-state index is 3.55. The smallest absolute Gasteiger partial charge is 0.00581 e. The summed E-state index contributed by atoms with van der Waals surface area (Å²) in [5.41, 5.74) is 0. The zero-order valence-electron chi connectivity index (χ0n) is 10.3. The third-order valence-electron chi connectivity index (χ3n) is 2.30. The molecule has 0 aliphatic rings. The molecule has 0 rings (SSSR count). The van der Waals surface area contributed by atoms with Crippen LogP contribution < -0.4 is 5.32 Å². The first kappa shape index (κ1) is 14.3. The minimum absolute atomic E-state index is 0.700. The molecule has 0 bridgehead atoms. The van der Waals surface area contributed by atoms with E-state index in [1.54, 1.807) is 0 Å². The average molecular weight is 217 g/mol. The molecule has 1 atom stereocenters. The Morgan fingerprint density at radius 2 is 1.79 bits per heavy atom. The second kappa shape index (κ2) is 9.85. The van der Waals surface area contributed by atoms with Crippen LogP contribution in [0.3, 0.4) is 0 Å². The van der Waals surface area contributed by atoms with Crippen molar-refractivity contribution >= 4 is 11.8 Å². The molecule has 86 valence electrons. The normalized spacial score (nSPS) is 13.5. The van der Waals surface area contributed by atoms with Gasteiger partial charge >= 0.3 is 0 Å². The van der Waals surface area contributed by atoms with Crippen molar-refractivity contribution in [2.24, 2.45) is 5.92 Å². The zero-order chi connectivity index (χ0) is 10.8. The fraction of sp³-hybridized carbons (Fsp3) is 1.00. The van der Waals surface area contributed by atoms with Gasteiger partial charge in [0.2, 0.25) is 0 Å². The van der Waals surface area contributed by atoms with Crippen LogP contribution in [0.25, 0.3) is 0 Å². The van der Waals surface area contributed by atoms with Crippen LogP contribution in [0.15, 0.2) is 0 Å². The van der Waals surface area contributed by atoms with Crippen molar-refractivity contribution in [2.45, 2.75) is 53.0 Å². The Morgan fingerprint density at radius 1 is 1.07 bits per heavy atom. The molecule has 1 unspecified atom stereocenters. The summed E-state index contributed by atoms with van der Waals surface area (Å²) in [6, 6.07) is 0.700. The highest BCUT2D eigenvalue weighted by atomic mass is 32.2. The Morgan fingerprint density at radius 3 is 2.36 bits per heavy atom. The van der Waals surface area contributed by atoms with Gasteiger partial charge in [-0.3, -0.25) is 0 Å². The Balaban J connectivity index is 3.05. The molecule has 0 spiro atoms. The molecule has 0 heterocycles. The lowest BCUT2D eigenvalue weighted by Gasteiger charge is -2.12. The van der Waals surface area contributed by atoms with E-state index in [-0.39, 0.29) is 0 Å². The van der Waals surface area contributed by atoms with E-state index in [0.717, 1.165) is 5.92 Å². The molecular weight excluding hydrogens is 190 g/mol. The Kier molecular flexibility index (Phi) is 10.1. The Labute approximate surface area is 94.4 Å². The molecule has 0 aromatic carbocycles. The van der Waals surface area contributed by atoms with Gasteiger partial charge in [-0.1, -0.05) is 27.2 Å². The van der Waals surface area contributed by atoms with Crippen LogP contribution in [0.5, 0.6) is 0 Å². The van der Waals surface area contributed by atoms with Gasteiger partial charge in [-0.05, 0) is 31.4 Å². The fourth-order valence-electron chi connectivity index (χ4n) is 1.33. The molecule has 0 aromatic heterocycles. The fourth-order valence-corrected chi connectivity index (χ4v) is 2.44. The first-order valence-electron chi connectivity index (χ1n) is 5.98. The van der Waals surface area contributed by atoms with E-state index in [4.69, 9.17) is 0 Å². The van der Waals surface area contributed by atoms with Crippen LogP contribution in [0.2, 0.25) is 0 Å². The minimum Gasteiger partial charge on any atom is -0.313 e. The molecule has 0 aliphatic heterocycles. The Bertz CT molecular complexity index is 115. The minimum atomic E-state index is 0.700. The van der Waals surface area contributed by atoms with Gasteiger partial charge < -0.3 is 5.32 Å². The predicted octanol–water partition coefficient (Wildman–Crippen LogP) is 3.54. The van der Waals surface area contributed by atoms with Gasteiger partial charge in [0.15, 0.2) is 0 Å². The highest BCUT2D eigenvalue weighted by molar-refractivity contribution is 7.99. The van der Waals surface area contributed by atoms with Crippen molar-refractivity contribution in [3.63, 3.8) is 0 Å². The zero-order valence-corrected chi connectivity index (χ0v) is 11.1. The number of rotatable bonds is 9. The summed E-state index contributed by atoms with van der Waals surface area (Å²) in [7, 11) is 0. The van der Waals surface area contributed by atoms with Crippen LogP contribution in [0.4, 0.5) is 0 Å². The summed E-state index contributed by atoms with van der Waals surface area (Å²) in [5.74, 6) is 3.44. The van der Waals surface area contributed by atoms with Gasteiger partial charge in [-0.15, -0.1) is 0 Å². The largest absolute Gasteiger partial charge is 0.313 e. The molecule has 0 aromatic rings. The molecule has 1 nitrogen and oxygen atoms in total. The second-order valence-electron chi connectivity index (χ2n) is 4.44. The van der Waals surface area contributed by atoms with Gasteiger partial charge in [-0.2, -0.15) is 11.8 Å². The summed E-state index contributed by atoms with van der Waals surface area (Å²) in [4.78, 5) is 0. The summed E-state index contributed by atoms with van der Waals surface area (Å²) in [5, 5.41) is 3.55. The van der Waals surface area contributed by atoms with E-state index in [0.29, 0.717) is 6.04 Å². The van der Waals surface area contributed by atoms with E-state index in [2.05, 4.69) is 44.8 Å². The SMILES string of the molecule is CCCC(C)NCCSCCC(C)C. The lowest BCUT2D eigenvalue weighted by atomic mass is 10.2. The molecule has 14 heavy (non-hydrogen) atoms. The number of hydrogen-bond acceptors (Lipinski definition) is 2. The van der Waals surface area contributed by atoms with Gasteiger partial charge in [0.1, 0.15) is 0 Å². The van der Waals surface area contributed by atoms with Crippen LogP contribution in [0, 0.1) is 5.92 Å². The summed E-state index contributed by atoms with van der Waals surface area (Å²) in [6.07, 6.45) is 3.94. The number of nitrogens with one attached hydrogen (secondary N) is 1. The predicted molar refractivity (Wildman–Crippen MR) is 69.2 cm³/mol. The van der Waals surface area contributed by atoms with Crippen LogP contribution in [-0.4, -0.2) is 24.1 Å². The van der Waals surface area contributed by atoms with Crippen molar-refractivity contribution in [1.29, 1.82) is 0 Å². The molecule has 0 amide bonds. The van der Waals surface area contributed by atoms with Gasteiger partial charge in [0.25, 0.3) is 0 Å². The lowest BCUT2D eigenvalue weighted by molar-refractivity contribution is 0.526. The van der Waals surface area contributed by atoms with Crippen molar-refractivity contribution < 1.29 is 0 Å². The highest BCUT2D eigenvalue weighted by Crippen LogP contribution is 2.07. The molecule has 0 saturated carbocycles. The van der Waals surface area contributed by atoms with Gasteiger partial charge in [0.05, 0.1) is 0 Å². The second-order valence-corrected chi connectivity index (χ2v) is 5.66. The van der Waals surface area contributed by atoms with Crippen LogP contribution >= 0.6 is 11.8 Å². The van der Waals surface area contributed by atoms with Crippen molar-refractivity contribution in [3.05, 3.63) is 0 Å². The maximum Gasteiger partial charge on any atom is 0.00581 e.